The second-order valence-electron chi connectivity index (χ2n) is 7.77. The van der Waals surface area contributed by atoms with Gasteiger partial charge >= 0.3 is 0 Å². The van der Waals surface area contributed by atoms with Gasteiger partial charge in [0.1, 0.15) is 5.92 Å². The predicted molar refractivity (Wildman–Crippen MR) is 136 cm³/mol. The maximum Gasteiger partial charge on any atom is 0.241 e. The number of rotatable bonds is 11. The van der Waals surface area contributed by atoms with Crippen LogP contribution in [0.15, 0.2) is 45.9 Å². The third kappa shape index (κ3) is 6.74. The zero-order chi connectivity index (χ0) is 23.8. The summed E-state index contributed by atoms with van der Waals surface area (Å²) in [5.74, 6) is 0.966. The summed E-state index contributed by atoms with van der Waals surface area (Å²) in [6, 6.07) is 5.74. The normalized spacial score (nSPS) is 17.3. The third-order valence-electron chi connectivity index (χ3n) is 5.51. The van der Waals surface area contributed by atoms with Gasteiger partial charge in [0.2, 0.25) is 16.9 Å². The van der Waals surface area contributed by atoms with Crippen LogP contribution in [0.3, 0.4) is 0 Å². The lowest BCUT2D eigenvalue weighted by molar-refractivity contribution is -0.128. The number of nitrogens with one attached hydrogen (secondary N) is 1. The molecule has 1 aromatic carbocycles. The molecule has 0 saturated carbocycles. The minimum absolute atomic E-state index is 0.0262. The molecule has 0 bridgehead atoms. The van der Waals surface area contributed by atoms with Gasteiger partial charge in [-0.05, 0) is 61.3 Å². The molecule has 0 saturated heterocycles. The van der Waals surface area contributed by atoms with Crippen molar-refractivity contribution in [3.8, 4) is 11.5 Å². The predicted octanol–water partition coefficient (Wildman–Crippen LogP) is 3.96. The van der Waals surface area contributed by atoms with Crippen molar-refractivity contribution in [3.05, 3.63) is 46.5 Å². The first kappa shape index (κ1) is 25.1. The maximum absolute atomic E-state index is 12.8. The summed E-state index contributed by atoms with van der Waals surface area (Å²) in [5, 5.41) is 3.27. The number of amides is 2. The molecular formula is C24H28BrN3O4S. The van der Waals surface area contributed by atoms with Gasteiger partial charge in [-0.3, -0.25) is 14.5 Å². The average molecular weight is 534 g/mol. The van der Waals surface area contributed by atoms with Gasteiger partial charge in [-0.25, -0.2) is 4.99 Å². The number of hydrogen-bond acceptors (Lipinski definition) is 5. The van der Waals surface area contributed by atoms with Gasteiger partial charge in [-0.15, -0.1) is 0 Å². The Morgan fingerprint density at radius 3 is 2.73 bits per heavy atom. The van der Waals surface area contributed by atoms with Crippen molar-refractivity contribution in [2.75, 3.05) is 27.3 Å². The first-order valence-corrected chi connectivity index (χ1v) is 12.1. The molecule has 1 aromatic rings. The van der Waals surface area contributed by atoms with E-state index in [1.165, 1.54) is 0 Å². The fraction of sp³-hybridized carbons (Fsp3) is 0.417. The minimum atomic E-state index is -0.382. The highest BCUT2D eigenvalue weighted by Gasteiger charge is 2.34. The van der Waals surface area contributed by atoms with Crippen LogP contribution in [0.25, 0.3) is 0 Å². The first-order valence-electron chi connectivity index (χ1n) is 10.9. The van der Waals surface area contributed by atoms with Crippen LogP contribution in [0.2, 0.25) is 0 Å². The van der Waals surface area contributed by atoms with Gasteiger partial charge in [0.25, 0.3) is 0 Å². The summed E-state index contributed by atoms with van der Waals surface area (Å²) in [6.07, 6.45) is 9.05. The Hall–Kier alpha value is -2.52. The smallest absolute Gasteiger partial charge is 0.241 e. The number of fused-ring (bicyclic) bond motifs is 1. The highest BCUT2D eigenvalue weighted by Crippen LogP contribution is 2.28. The van der Waals surface area contributed by atoms with Crippen molar-refractivity contribution >= 4 is 50.8 Å². The number of unbranched alkanes of at least 4 members (excludes halogenated alkanes) is 2. The number of benzene rings is 1. The number of carbonyl (C=O) groups excluding carboxylic acids is 2. The van der Waals surface area contributed by atoms with Crippen LogP contribution in [0.1, 0.15) is 31.2 Å². The van der Waals surface area contributed by atoms with E-state index in [0.717, 1.165) is 29.3 Å². The zero-order valence-electron chi connectivity index (χ0n) is 18.8. The van der Waals surface area contributed by atoms with Crippen LogP contribution in [-0.2, 0) is 16.0 Å². The van der Waals surface area contributed by atoms with Crippen molar-refractivity contribution in [2.24, 2.45) is 10.9 Å². The number of hydrogen-bond donors (Lipinski definition) is 1. The lowest BCUT2D eigenvalue weighted by Crippen LogP contribution is -2.46. The molecule has 1 unspecified atom stereocenters. The number of nitrogens with zero attached hydrogens (tertiary/aromatic N) is 2. The Labute approximate surface area is 208 Å². The second-order valence-corrected chi connectivity index (χ2v) is 9.05. The zero-order valence-corrected chi connectivity index (χ0v) is 21.2. The number of ether oxygens (including phenoxy) is 2. The van der Waals surface area contributed by atoms with Gasteiger partial charge in [0.15, 0.2) is 11.5 Å². The largest absolute Gasteiger partial charge is 0.493 e. The van der Waals surface area contributed by atoms with E-state index in [2.05, 4.69) is 26.2 Å². The van der Waals surface area contributed by atoms with E-state index < -0.39 is 0 Å². The molecule has 9 heteroatoms. The Morgan fingerprint density at radius 1 is 1.18 bits per heavy atom. The molecule has 3 rings (SSSR count). The molecule has 0 fully saturated rings. The quantitative estimate of drug-likeness (QED) is 0.344. The van der Waals surface area contributed by atoms with E-state index in [-0.39, 0.29) is 17.7 Å². The van der Waals surface area contributed by atoms with Crippen molar-refractivity contribution < 1.29 is 19.1 Å². The number of allylic oxidation sites excluding steroid dienone is 3. The third-order valence-corrected chi connectivity index (χ3v) is 6.36. The Bertz CT molecular complexity index is 1010. The van der Waals surface area contributed by atoms with Gasteiger partial charge in [-0.2, -0.15) is 0 Å². The number of carbonyl (C=O) groups is 2. The molecule has 2 aliphatic rings. The Kier molecular flexibility index (Phi) is 9.20. The van der Waals surface area contributed by atoms with Gasteiger partial charge < -0.3 is 14.8 Å². The Balaban J connectivity index is 1.34. The summed E-state index contributed by atoms with van der Waals surface area (Å²) in [4.78, 5) is 30.9. The topological polar surface area (TPSA) is 80.2 Å². The fourth-order valence-electron chi connectivity index (χ4n) is 3.72. The summed E-state index contributed by atoms with van der Waals surface area (Å²) in [5.41, 5.74) is 1.76. The molecule has 0 radical (unpaired) electrons. The van der Waals surface area contributed by atoms with Crippen molar-refractivity contribution in [1.29, 1.82) is 0 Å². The van der Waals surface area contributed by atoms with E-state index in [1.807, 2.05) is 36.4 Å². The molecule has 1 N–H and O–H groups in total. The van der Waals surface area contributed by atoms with Crippen LogP contribution in [0.4, 0.5) is 0 Å². The van der Waals surface area contributed by atoms with Crippen LogP contribution in [0.5, 0.6) is 11.5 Å². The second kappa shape index (κ2) is 12.1. The number of aliphatic imine (C=N–C) groups is 1. The molecule has 176 valence electrons. The first-order chi connectivity index (χ1) is 15.9. The fourth-order valence-corrected chi connectivity index (χ4v) is 4.40. The van der Waals surface area contributed by atoms with Gasteiger partial charge in [-0.1, -0.05) is 34.5 Å². The summed E-state index contributed by atoms with van der Waals surface area (Å²) < 4.78 is 11.4. The minimum Gasteiger partial charge on any atom is -0.493 e. The summed E-state index contributed by atoms with van der Waals surface area (Å²) in [7, 11) is 3.21. The molecule has 0 spiro atoms. The van der Waals surface area contributed by atoms with Crippen LogP contribution < -0.4 is 14.8 Å². The van der Waals surface area contributed by atoms with Crippen LogP contribution in [-0.4, -0.2) is 54.8 Å². The molecule has 33 heavy (non-hydrogen) atoms. The lowest BCUT2D eigenvalue weighted by Gasteiger charge is -2.30. The van der Waals surface area contributed by atoms with E-state index >= 15 is 0 Å². The number of thiocarbonyl (C=S) groups is 1. The van der Waals surface area contributed by atoms with Gasteiger partial charge in [0, 0.05) is 24.0 Å². The van der Waals surface area contributed by atoms with E-state index in [9.17, 15) is 9.59 Å². The molecular weight excluding hydrogens is 506 g/mol. The summed E-state index contributed by atoms with van der Waals surface area (Å²) in [6.45, 7) is 1.07. The van der Waals surface area contributed by atoms with Crippen molar-refractivity contribution in [3.63, 3.8) is 0 Å². The molecule has 0 aromatic heterocycles. The number of methoxy groups -OCH3 is 2. The average Bonchev–Trinajstić information content (AvgIpc) is 2.81. The van der Waals surface area contributed by atoms with E-state index in [4.69, 9.17) is 21.7 Å². The highest BCUT2D eigenvalue weighted by molar-refractivity contribution is 9.11. The molecule has 1 aliphatic carbocycles. The summed E-state index contributed by atoms with van der Waals surface area (Å²) >= 11 is 8.72. The standard InChI is InChI=1S/C24H28BrN3O4S/c1-31-20-10-7-16(14-21(20)32-2)11-12-26-22(29)6-4-3-5-13-28-23(30)18-15-17(25)8-9-19(18)27-24(28)33/h7-10,14-15,18H,3-6,11-13H2,1-2H3,(H,26,29). The Morgan fingerprint density at radius 2 is 1.97 bits per heavy atom. The molecule has 1 atom stereocenters. The monoisotopic (exact) mass is 533 g/mol. The SMILES string of the molecule is COc1ccc(CCNC(=O)CCCCCN2C(=O)C3C=C(Br)C=CC3=NC2=S)cc1OC. The van der Waals surface area contributed by atoms with E-state index in [0.29, 0.717) is 48.3 Å². The van der Waals surface area contributed by atoms with E-state index in [1.54, 1.807) is 19.1 Å². The number of halogens is 1. The van der Waals surface area contributed by atoms with Crippen LogP contribution >= 0.6 is 28.1 Å². The van der Waals surface area contributed by atoms with Crippen molar-refractivity contribution in [1.82, 2.24) is 10.2 Å². The lowest BCUT2D eigenvalue weighted by atomic mass is 9.95. The molecule has 2 amide bonds. The molecule has 7 nitrogen and oxygen atoms in total. The van der Waals surface area contributed by atoms with Crippen LogP contribution in [0, 0.1) is 5.92 Å². The van der Waals surface area contributed by atoms with Crippen molar-refractivity contribution in [2.45, 2.75) is 32.1 Å². The maximum atomic E-state index is 12.8. The molecule has 1 aliphatic heterocycles. The van der Waals surface area contributed by atoms with Gasteiger partial charge in [0.05, 0.1) is 19.9 Å². The highest BCUT2D eigenvalue weighted by atomic mass is 79.9. The molecule has 1 heterocycles.